The lowest BCUT2D eigenvalue weighted by Gasteiger charge is -2.14. The van der Waals surface area contributed by atoms with Crippen LogP contribution >= 0.6 is 0 Å². The molecule has 0 bridgehead atoms. The number of hydrogen-bond acceptors (Lipinski definition) is 5. The average molecular weight is 443 g/mol. The minimum absolute atomic E-state index is 0.244. The zero-order valence-electron chi connectivity index (χ0n) is 17.3. The highest BCUT2D eigenvalue weighted by molar-refractivity contribution is 6.04. The molecule has 0 saturated heterocycles. The Morgan fingerprint density at radius 2 is 1.78 bits per heavy atom. The summed E-state index contributed by atoms with van der Waals surface area (Å²) in [5.74, 6) is 0.669. The Balaban J connectivity index is 1.61. The molecular formula is C22H20F3N5O2. The number of ether oxygens (including phenoxy) is 1. The van der Waals surface area contributed by atoms with Gasteiger partial charge in [0.1, 0.15) is 17.3 Å². The van der Waals surface area contributed by atoms with Crippen LogP contribution in [0.2, 0.25) is 0 Å². The number of rotatable bonds is 5. The molecule has 0 radical (unpaired) electrons. The van der Waals surface area contributed by atoms with E-state index in [1.165, 1.54) is 19.2 Å². The minimum atomic E-state index is -4.69. The number of amidine groups is 1. The molecule has 4 rings (SSSR count). The molecule has 2 aromatic carbocycles. The molecule has 0 spiro atoms. The van der Waals surface area contributed by atoms with Gasteiger partial charge in [0.25, 0.3) is 5.91 Å². The standard InChI is InChI=1S/C22H20F3N5O2/c1-29-12-11-26-20(29)14-3-5-15(6-4-14)27-21(31)18-13-19(22(23,24)25)28-30(18)16-7-9-17(32-2)10-8-16/h3-10,13H,11-12H2,1-2H3,(H,27,31). The number of methoxy groups -OCH3 is 1. The summed E-state index contributed by atoms with van der Waals surface area (Å²) in [5, 5.41) is 6.25. The Hall–Kier alpha value is -3.82. The molecule has 3 aromatic rings. The van der Waals surface area contributed by atoms with Crippen LogP contribution in [0, 0.1) is 0 Å². The number of anilines is 1. The zero-order valence-corrected chi connectivity index (χ0v) is 17.3. The van der Waals surface area contributed by atoms with E-state index in [2.05, 4.69) is 15.4 Å². The lowest BCUT2D eigenvalue weighted by atomic mass is 10.1. The summed E-state index contributed by atoms with van der Waals surface area (Å²) in [7, 11) is 3.42. The van der Waals surface area contributed by atoms with Gasteiger partial charge in [-0.15, -0.1) is 0 Å². The van der Waals surface area contributed by atoms with Crippen molar-refractivity contribution in [1.82, 2.24) is 14.7 Å². The number of nitrogens with one attached hydrogen (secondary N) is 1. The fraction of sp³-hybridized carbons (Fsp3) is 0.227. The number of aromatic nitrogens is 2. The maximum atomic E-state index is 13.3. The van der Waals surface area contributed by atoms with E-state index in [-0.39, 0.29) is 5.69 Å². The van der Waals surface area contributed by atoms with Crippen molar-refractivity contribution in [3.8, 4) is 11.4 Å². The number of halogens is 3. The molecular weight excluding hydrogens is 423 g/mol. The van der Waals surface area contributed by atoms with E-state index < -0.39 is 17.8 Å². The van der Waals surface area contributed by atoms with Crippen LogP contribution < -0.4 is 10.1 Å². The summed E-state index contributed by atoms with van der Waals surface area (Å²) in [5.41, 5.74) is 0.230. The first kappa shape index (κ1) is 21.4. The summed E-state index contributed by atoms with van der Waals surface area (Å²) in [6, 6.07) is 13.9. The second kappa shape index (κ2) is 8.37. The molecule has 1 aromatic heterocycles. The molecule has 0 saturated carbocycles. The summed E-state index contributed by atoms with van der Waals surface area (Å²) in [6.07, 6.45) is -4.69. The van der Waals surface area contributed by atoms with Gasteiger partial charge in [0.15, 0.2) is 5.69 Å². The van der Waals surface area contributed by atoms with Crippen molar-refractivity contribution in [3.05, 3.63) is 71.5 Å². The van der Waals surface area contributed by atoms with Gasteiger partial charge in [-0.2, -0.15) is 18.3 Å². The average Bonchev–Trinajstić information content (AvgIpc) is 3.41. The molecule has 1 aliphatic heterocycles. The van der Waals surface area contributed by atoms with E-state index in [1.54, 1.807) is 36.4 Å². The Morgan fingerprint density at radius 1 is 1.09 bits per heavy atom. The van der Waals surface area contributed by atoms with E-state index in [0.717, 1.165) is 35.2 Å². The molecule has 1 amide bonds. The highest BCUT2D eigenvalue weighted by Crippen LogP contribution is 2.30. The predicted molar refractivity (Wildman–Crippen MR) is 114 cm³/mol. The van der Waals surface area contributed by atoms with Crippen LogP contribution in [0.4, 0.5) is 18.9 Å². The smallest absolute Gasteiger partial charge is 0.435 e. The summed E-state index contributed by atoms with van der Waals surface area (Å²) < 4.78 is 45.9. The van der Waals surface area contributed by atoms with Gasteiger partial charge in [0, 0.05) is 30.9 Å². The molecule has 10 heteroatoms. The van der Waals surface area contributed by atoms with Gasteiger partial charge in [0.2, 0.25) is 0 Å². The molecule has 32 heavy (non-hydrogen) atoms. The van der Waals surface area contributed by atoms with E-state index in [1.807, 2.05) is 11.9 Å². The second-order valence-corrected chi connectivity index (χ2v) is 7.18. The first-order valence-electron chi connectivity index (χ1n) is 9.75. The minimum Gasteiger partial charge on any atom is -0.497 e. The van der Waals surface area contributed by atoms with Crippen molar-refractivity contribution < 1.29 is 22.7 Å². The fourth-order valence-electron chi connectivity index (χ4n) is 3.34. The van der Waals surface area contributed by atoms with Crippen molar-refractivity contribution in [2.45, 2.75) is 6.18 Å². The first-order valence-corrected chi connectivity index (χ1v) is 9.75. The van der Waals surface area contributed by atoms with Gasteiger partial charge < -0.3 is 15.0 Å². The molecule has 1 aliphatic rings. The van der Waals surface area contributed by atoms with Crippen LogP contribution in [0.1, 0.15) is 21.7 Å². The highest BCUT2D eigenvalue weighted by Gasteiger charge is 2.36. The normalized spacial score (nSPS) is 13.8. The second-order valence-electron chi connectivity index (χ2n) is 7.18. The number of likely N-dealkylation sites (N-methyl/N-ethyl adjacent to an activating group) is 1. The third-order valence-corrected chi connectivity index (χ3v) is 5.01. The van der Waals surface area contributed by atoms with Crippen LogP contribution in [-0.2, 0) is 6.18 Å². The van der Waals surface area contributed by atoms with Crippen LogP contribution in [-0.4, -0.2) is 53.7 Å². The number of aliphatic imine (C=N–C) groups is 1. The number of benzene rings is 2. The maximum absolute atomic E-state index is 13.3. The lowest BCUT2D eigenvalue weighted by molar-refractivity contribution is -0.141. The molecule has 0 atom stereocenters. The van der Waals surface area contributed by atoms with Crippen LogP contribution in [0.25, 0.3) is 5.69 Å². The first-order chi connectivity index (χ1) is 15.3. The van der Waals surface area contributed by atoms with E-state index in [4.69, 9.17) is 4.74 Å². The van der Waals surface area contributed by atoms with Crippen molar-refractivity contribution >= 4 is 17.4 Å². The third-order valence-electron chi connectivity index (χ3n) is 5.01. The number of carbonyl (C=O) groups excluding carboxylic acids is 1. The predicted octanol–water partition coefficient (Wildman–Crippen LogP) is 3.84. The Morgan fingerprint density at radius 3 is 2.34 bits per heavy atom. The van der Waals surface area contributed by atoms with Crippen molar-refractivity contribution in [1.29, 1.82) is 0 Å². The van der Waals surface area contributed by atoms with Crippen molar-refractivity contribution in [2.24, 2.45) is 4.99 Å². The largest absolute Gasteiger partial charge is 0.497 e. The van der Waals surface area contributed by atoms with Crippen molar-refractivity contribution in [2.75, 3.05) is 32.6 Å². The fourth-order valence-corrected chi connectivity index (χ4v) is 3.34. The quantitative estimate of drug-likeness (QED) is 0.651. The molecule has 0 unspecified atom stereocenters. The van der Waals surface area contributed by atoms with Gasteiger partial charge in [-0.1, -0.05) is 0 Å². The summed E-state index contributed by atoms with van der Waals surface area (Å²) in [4.78, 5) is 19.3. The molecule has 2 heterocycles. The summed E-state index contributed by atoms with van der Waals surface area (Å²) in [6.45, 7) is 1.56. The molecule has 166 valence electrons. The van der Waals surface area contributed by atoms with Gasteiger partial charge in [-0.3, -0.25) is 9.79 Å². The van der Waals surface area contributed by atoms with Gasteiger partial charge in [-0.25, -0.2) is 4.68 Å². The number of nitrogens with zero attached hydrogens (tertiary/aromatic N) is 4. The SMILES string of the molecule is COc1ccc(-n2nc(C(F)(F)F)cc2C(=O)Nc2ccc(C3=NCCN3C)cc2)cc1. The monoisotopic (exact) mass is 443 g/mol. The molecule has 0 aliphatic carbocycles. The Bertz CT molecular complexity index is 1150. The van der Waals surface area contributed by atoms with E-state index >= 15 is 0 Å². The van der Waals surface area contributed by atoms with Crippen LogP contribution in [0.3, 0.4) is 0 Å². The van der Waals surface area contributed by atoms with E-state index in [0.29, 0.717) is 17.1 Å². The number of hydrogen-bond donors (Lipinski definition) is 1. The number of alkyl halides is 3. The number of amides is 1. The molecule has 0 fully saturated rings. The van der Waals surface area contributed by atoms with Crippen LogP contribution in [0.15, 0.2) is 59.6 Å². The number of carbonyl (C=O) groups is 1. The van der Waals surface area contributed by atoms with Crippen molar-refractivity contribution in [3.63, 3.8) is 0 Å². The Kier molecular flexibility index (Phi) is 5.60. The lowest BCUT2D eigenvalue weighted by Crippen LogP contribution is -2.23. The zero-order chi connectivity index (χ0) is 22.9. The highest BCUT2D eigenvalue weighted by atomic mass is 19.4. The van der Waals surface area contributed by atoms with Gasteiger partial charge >= 0.3 is 6.18 Å². The van der Waals surface area contributed by atoms with Gasteiger partial charge in [-0.05, 0) is 48.5 Å². The Labute approximate surface area is 182 Å². The molecule has 7 nitrogen and oxygen atoms in total. The molecule has 1 N–H and O–H groups in total. The topological polar surface area (TPSA) is 71.8 Å². The van der Waals surface area contributed by atoms with E-state index in [9.17, 15) is 18.0 Å². The van der Waals surface area contributed by atoms with Gasteiger partial charge in [0.05, 0.1) is 19.3 Å². The third kappa shape index (κ3) is 4.29. The maximum Gasteiger partial charge on any atom is 0.435 e. The summed E-state index contributed by atoms with van der Waals surface area (Å²) >= 11 is 0. The van der Waals surface area contributed by atoms with Crippen LogP contribution in [0.5, 0.6) is 5.75 Å².